The lowest BCUT2D eigenvalue weighted by Crippen LogP contribution is -2.47. The van der Waals surface area contributed by atoms with Crippen molar-refractivity contribution < 1.29 is 9.90 Å². The molecule has 1 heterocycles. The summed E-state index contributed by atoms with van der Waals surface area (Å²) in [5, 5.41) is 17.2. The summed E-state index contributed by atoms with van der Waals surface area (Å²) >= 11 is 4.05. The fraction of sp³-hybridized carbons (Fsp3) is 0.600. The van der Waals surface area contributed by atoms with Gasteiger partial charge in [-0.25, -0.2) is 4.79 Å². The number of hydrogen-bond donors (Lipinski definition) is 3. The SMILES string of the molecule is C/C(=C(\C#N)C(N)S)N1CCN(C(=O)O)CC1. The van der Waals surface area contributed by atoms with Gasteiger partial charge in [-0.15, -0.1) is 0 Å². The van der Waals surface area contributed by atoms with Crippen LogP contribution in [-0.2, 0) is 0 Å². The highest BCUT2D eigenvalue weighted by atomic mass is 32.1. The molecule has 1 rings (SSSR count). The van der Waals surface area contributed by atoms with Crippen molar-refractivity contribution >= 4 is 18.7 Å². The number of carboxylic acid groups (broad SMARTS) is 1. The molecule has 1 unspecified atom stereocenters. The Morgan fingerprint density at radius 3 is 2.24 bits per heavy atom. The number of thiol groups is 1. The third-order valence-corrected chi connectivity index (χ3v) is 3.09. The molecule has 0 bridgehead atoms. The molecule has 1 aliphatic rings. The van der Waals surface area contributed by atoms with Gasteiger partial charge in [-0.3, -0.25) is 0 Å². The van der Waals surface area contributed by atoms with E-state index in [0.29, 0.717) is 31.8 Å². The number of carbonyl (C=O) groups is 1. The van der Waals surface area contributed by atoms with Crippen LogP contribution in [0.1, 0.15) is 6.92 Å². The van der Waals surface area contributed by atoms with Crippen molar-refractivity contribution in [3.63, 3.8) is 0 Å². The second kappa shape index (κ2) is 5.80. The van der Waals surface area contributed by atoms with E-state index in [1.807, 2.05) is 17.9 Å². The van der Waals surface area contributed by atoms with Crippen LogP contribution in [0.4, 0.5) is 4.79 Å². The number of nitrogens with two attached hydrogens (primary N) is 1. The van der Waals surface area contributed by atoms with Crippen LogP contribution in [0.25, 0.3) is 0 Å². The molecule has 1 saturated heterocycles. The van der Waals surface area contributed by atoms with Gasteiger partial charge in [-0.1, -0.05) is 0 Å². The monoisotopic (exact) mass is 256 g/mol. The van der Waals surface area contributed by atoms with Gasteiger partial charge in [0.05, 0.1) is 17.0 Å². The summed E-state index contributed by atoms with van der Waals surface area (Å²) in [5.74, 6) is 0. The lowest BCUT2D eigenvalue weighted by Gasteiger charge is -2.35. The first-order valence-corrected chi connectivity index (χ1v) is 5.76. The summed E-state index contributed by atoms with van der Waals surface area (Å²) in [7, 11) is 0. The molecule has 17 heavy (non-hydrogen) atoms. The molecule has 1 atom stereocenters. The number of amides is 1. The third-order valence-electron chi connectivity index (χ3n) is 2.83. The van der Waals surface area contributed by atoms with Gasteiger partial charge in [-0.05, 0) is 6.92 Å². The zero-order valence-electron chi connectivity index (χ0n) is 9.63. The standard InChI is InChI=1S/C10H16N4O2S/c1-7(8(6-11)9(12)17)13-2-4-14(5-3-13)10(15)16/h9,17H,2-5,12H2,1H3,(H,15,16)/b8-7-. The number of nitrogens with zero attached hydrogens (tertiary/aromatic N) is 3. The number of hydrogen-bond acceptors (Lipinski definition) is 5. The average molecular weight is 256 g/mol. The maximum Gasteiger partial charge on any atom is 0.407 e. The summed E-state index contributed by atoms with van der Waals surface area (Å²) in [6.07, 6.45) is -0.905. The highest BCUT2D eigenvalue weighted by Gasteiger charge is 2.22. The molecule has 0 aromatic carbocycles. The van der Waals surface area contributed by atoms with Crippen LogP contribution in [0.5, 0.6) is 0 Å². The highest BCUT2D eigenvalue weighted by molar-refractivity contribution is 7.81. The van der Waals surface area contributed by atoms with Crippen LogP contribution in [0.15, 0.2) is 11.3 Å². The van der Waals surface area contributed by atoms with E-state index in [1.54, 1.807) is 0 Å². The molecule has 0 radical (unpaired) electrons. The number of piperazine rings is 1. The zero-order chi connectivity index (χ0) is 13.0. The van der Waals surface area contributed by atoms with Gasteiger partial charge >= 0.3 is 6.09 Å². The van der Waals surface area contributed by atoms with Crippen LogP contribution in [0.3, 0.4) is 0 Å². The molecular formula is C10H16N4O2S. The summed E-state index contributed by atoms with van der Waals surface area (Å²) in [6, 6.07) is 2.04. The second-order valence-corrected chi connectivity index (χ2v) is 4.37. The molecular weight excluding hydrogens is 240 g/mol. The van der Waals surface area contributed by atoms with E-state index in [0.717, 1.165) is 5.70 Å². The summed E-state index contributed by atoms with van der Waals surface area (Å²) in [6.45, 7) is 3.83. The minimum Gasteiger partial charge on any atom is -0.465 e. The fourth-order valence-electron chi connectivity index (χ4n) is 1.76. The molecule has 1 aliphatic heterocycles. The Morgan fingerprint density at radius 2 is 1.88 bits per heavy atom. The quantitative estimate of drug-likeness (QED) is 0.375. The molecule has 6 nitrogen and oxygen atoms in total. The van der Waals surface area contributed by atoms with E-state index < -0.39 is 11.5 Å². The lowest BCUT2D eigenvalue weighted by molar-refractivity contribution is 0.116. The smallest absolute Gasteiger partial charge is 0.407 e. The number of rotatable bonds is 2. The summed E-state index contributed by atoms with van der Waals surface area (Å²) in [4.78, 5) is 14.1. The lowest BCUT2D eigenvalue weighted by atomic mass is 10.2. The third kappa shape index (κ3) is 3.28. The Hall–Kier alpha value is -1.39. The van der Waals surface area contributed by atoms with Gasteiger partial charge in [0.2, 0.25) is 0 Å². The topological polar surface area (TPSA) is 93.6 Å². The molecule has 1 fully saturated rings. The Balaban J connectivity index is 2.72. The van der Waals surface area contributed by atoms with Crippen LogP contribution >= 0.6 is 12.6 Å². The van der Waals surface area contributed by atoms with Crippen LogP contribution in [0, 0.1) is 11.3 Å². The molecule has 1 amide bonds. The minimum absolute atomic E-state index is 0.428. The fourth-order valence-corrected chi connectivity index (χ4v) is 2.01. The molecule has 0 aromatic heterocycles. The van der Waals surface area contributed by atoms with Crippen LogP contribution in [0.2, 0.25) is 0 Å². The molecule has 3 N–H and O–H groups in total. The minimum atomic E-state index is -0.905. The van der Waals surface area contributed by atoms with Gasteiger partial charge in [0.1, 0.15) is 0 Å². The van der Waals surface area contributed by atoms with Gasteiger partial charge in [0, 0.05) is 31.9 Å². The Kier molecular flexibility index (Phi) is 4.66. The van der Waals surface area contributed by atoms with Gasteiger partial charge in [0.25, 0.3) is 0 Å². The first-order valence-electron chi connectivity index (χ1n) is 5.24. The first-order chi connectivity index (χ1) is 7.97. The second-order valence-electron chi connectivity index (χ2n) is 3.81. The molecule has 0 aromatic rings. The van der Waals surface area contributed by atoms with Crippen molar-refractivity contribution in [1.82, 2.24) is 9.80 Å². The Bertz CT molecular complexity index is 367. The average Bonchev–Trinajstić information content (AvgIpc) is 2.29. The van der Waals surface area contributed by atoms with Gasteiger partial charge in [0.15, 0.2) is 0 Å². The number of nitriles is 1. The van der Waals surface area contributed by atoms with Gasteiger partial charge < -0.3 is 20.6 Å². The van der Waals surface area contributed by atoms with Crippen LogP contribution in [-0.4, -0.2) is 52.6 Å². The van der Waals surface area contributed by atoms with Crippen molar-refractivity contribution in [1.29, 1.82) is 5.26 Å². The number of allylic oxidation sites excluding steroid dienone is 1. The largest absolute Gasteiger partial charge is 0.465 e. The zero-order valence-corrected chi connectivity index (χ0v) is 10.5. The van der Waals surface area contributed by atoms with E-state index in [-0.39, 0.29) is 0 Å². The molecule has 7 heteroatoms. The van der Waals surface area contributed by atoms with Crippen molar-refractivity contribution in [2.24, 2.45) is 5.73 Å². The van der Waals surface area contributed by atoms with Gasteiger partial charge in [-0.2, -0.15) is 17.9 Å². The molecule has 0 saturated carbocycles. The van der Waals surface area contributed by atoms with E-state index in [4.69, 9.17) is 16.1 Å². The molecule has 0 aliphatic carbocycles. The maximum absolute atomic E-state index is 10.7. The highest BCUT2D eigenvalue weighted by Crippen LogP contribution is 2.16. The predicted molar refractivity (Wildman–Crippen MR) is 66.4 cm³/mol. The van der Waals surface area contributed by atoms with Crippen molar-refractivity contribution in [2.45, 2.75) is 12.3 Å². The van der Waals surface area contributed by atoms with Crippen LogP contribution < -0.4 is 5.73 Å². The molecule has 94 valence electrons. The normalized spacial score (nSPS) is 19.4. The van der Waals surface area contributed by atoms with E-state index in [1.165, 1.54) is 4.90 Å². The van der Waals surface area contributed by atoms with Crippen molar-refractivity contribution in [3.8, 4) is 6.07 Å². The van der Waals surface area contributed by atoms with Crippen molar-refractivity contribution in [3.05, 3.63) is 11.3 Å². The van der Waals surface area contributed by atoms with E-state index in [9.17, 15) is 4.79 Å². The predicted octanol–water partition coefficient (Wildman–Crippen LogP) is 0.294. The van der Waals surface area contributed by atoms with E-state index >= 15 is 0 Å². The summed E-state index contributed by atoms with van der Waals surface area (Å²) < 4.78 is 0. The maximum atomic E-state index is 10.7. The first kappa shape index (κ1) is 13.7. The summed E-state index contributed by atoms with van der Waals surface area (Å²) in [5.41, 5.74) is 6.79. The van der Waals surface area contributed by atoms with E-state index in [2.05, 4.69) is 12.6 Å². The Morgan fingerprint density at radius 1 is 1.41 bits per heavy atom. The molecule has 0 spiro atoms. The Labute approximate surface area is 106 Å². The van der Waals surface area contributed by atoms with Crippen molar-refractivity contribution in [2.75, 3.05) is 26.2 Å².